The second kappa shape index (κ2) is 11.6. The Hall–Kier alpha value is -2.23. The third kappa shape index (κ3) is 7.06. The van der Waals surface area contributed by atoms with E-state index in [1.54, 1.807) is 32.2 Å². The van der Waals surface area contributed by atoms with Crippen molar-refractivity contribution in [1.29, 1.82) is 0 Å². The number of rotatable bonds is 6. The van der Waals surface area contributed by atoms with E-state index >= 15 is 0 Å². The van der Waals surface area contributed by atoms with Crippen LogP contribution in [-0.2, 0) is 6.54 Å². The zero-order valence-electron chi connectivity index (χ0n) is 16.1. The maximum atomic E-state index is 13.5. The molecule has 0 aliphatic rings. The van der Waals surface area contributed by atoms with Gasteiger partial charge in [-0.25, -0.2) is 8.78 Å². The van der Waals surface area contributed by atoms with Crippen LogP contribution in [-0.4, -0.2) is 44.0 Å². The van der Waals surface area contributed by atoms with Crippen molar-refractivity contribution in [3.05, 3.63) is 70.8 Å². The Morgan fingerprint density at radius 2 is 1.82 bits per heavy atom. The van der Waals surface area contributed by atoms with Gasteiger partial charge in [-0.05, 0) is 42.3 Å². The van der Waals surface area contributed by atoms with E-state index in [1.807, 2.05) is 18.0 Å². The molecular formula is C20H25F2IN4O. The van der Waals surface area contributed by atoms with E-state index in [9.17, 15) is 13.6 Å². The summed E-state index contributed by atoms with van der Waals surface area (Å²) in [5.41, 5.74) is 1.61. The van der Waals surface area contributed by atoms with Crippen molar-refractivity contribution in [3.63, 3.8) is 0 Å². The fourth-order valence-electron chi connectivity index (χ4n) is 2.56. The number of hydrogen-bond acceptors (Lipinski definition) is 2. The van der Waals surface area contributed by atoms with Gasteiger partial charge in [0.05, 0.1) is 0 Å². The Balaban J connectivity index is 0.00000392. The van der Waals surface area contributed by atoms with E-state index < -0.39 is 5.82 Å². The van der Waals surface area contributed by atoms with E-state index in [1.165, 1.54) is 18.2 Å². The van der Waals surface area contributed by atoms with Gasteiger partial charge in [0, 0.05) is 39.3 Å². The first-order chi connectivity index (χ1) is 12.9. The molecular weight excluding hydrogens is 477 g/mol. The monoisotopic (exact) mass is 502 g/mol. The normalized spacial score (nSPS) is 10.8. The highest BCUT2D eigenvalue weighted by Crippen LogP contribution is 2.09. The summed E-state index contributed by atoms with van der Waals surface area (Å²) in [6, 6.07) is 10.8. The Morgan fingerprint density at radius 3 is 2.46 bits per heavy atom. The van der Waals surface area contributed by atoms with Crippen LogP contribution >= 0.6 is 24.0 Å². The number of carbonyl (C=O) groups excluding carboxylic acids is 1. The van der Waals surface area contributed by atoms with Crippen LogP contribution in [0.5, 0.6) is 0 Å². The summed E-state index contributed by atoms with van der Waals surface area (Å²) in [7, 11) is 3.49. The summed E-state index contributed by atoms with van der Waals surface area (Å²) in [5.74, 6) is -0.395. The lowest BCUT2D eigenvalue weighted by atomic mass is 10.1. The molecule has 0 atom stereocenters. The van der Waals surface area contributed by atoms with Crippen LogP contribution in [0.25, 0.3) is 0 Å². The molecule has 0 saturated heterocycles. The largest absolute Gasteiger partial charge is 0.354 e. The molecule has 28 heavy (non-hydrogen) atoms. The maximum absolute atomic E-state index is 13.5. The number of nitrogens with zero attached hydrogens (tertiary/aromatic N) is 2. The van der Waals surface area contributed by atoms with E-state index in [0.717, 1.165) is 5.56 Å². The molecule has 2 aromatic carbocycles. The molecule has 0 aliphatic heterocycles. The molecule has 0 spiro atoms. The minimum absolute atomic E-state index is 0. The Bertz CT molecular complexity index is 830. The number of carbonyl (C=O) groups is 1. The maximum Gasteiger partial charge on any atom is 0.251 e. The standard InChI is InChI=1S/C20H24F2N4O.HI/c1-14-7-8-16(12-18(14)22)19(27)24-9-10-25-20(23-2)26(3)13-15-5-4-6-17(21)11-15;/h4-8,11-12H,9-10,13H2,1-3H3,(H,23,25)(H,24,27);1H. The first kappa shape index (κ1) is 23.8. The zero-order chi connectivity index (χ0) is 19.8. The molecule has 0 aliphatic carbocycles. The van der Waals surface area contributed by atoms with Crippen molar-refractivity contribution in [2.75, 3.05) is 27.2 Å². The van der Waals surface area contributed by atoms with Crippen LogP contribution in [0.3, 0.4) is 0 Å². The molecule has 152 valence electrons. The quantitative estimate of drug-likeness (QED) is 0.276. The molecule has 2 aromatic rings. The Kier molecular flexibility index (Phi) is 9.84. The molecule has 0 heterocycles. The molecule has 2 rings (SSSR count). The second-order valence-electron chi connectivity index (χ2n) is 6.18. The molecule has 0 unspecified atom stereocenters. The molecule has 8 heteroatoms. The molecule has 5 nitrogen and oxygen atoms in total. The number of halogens is 3. The predicted molar refractivity (Wildman–Crippen MR) is 118 cm³/mol. The van der Waals surface area contributed by atoms with Gasteiger partial charge in [-0.1, -0.05) is 18.2 Å². The summed E-state index contributed by atoms with van der Waals surface area (Å²) in [4.78, 5) is 18.1. The molecule has 0 bridgehead atoms. The van der Waals surface area contributed by atoms with Crippen LogP contribution in [0.15, 0.2) is 47.5 Å². The number of nitrogens with one attached hydrogen (secondary N) is 2. The van der Waals surface area contributed by atoms with Crippen LogP contribution in [0.2, 0.25) is 0 Å². The number of hydrogen-bond donors (Lipinski definition) is 2. The SMILES string of the molecule is CN=C(NCCNC(=O)c1ccc(C)c(F)c1)N(C)Cc1cccc(F)c1.I. The summed E-state index contributed by atoms with van der Waals surface area (Å²) < 4.78 is 26.8. The molecule has 0 saturated carbocycles. The molecule has 2 N–H and O–H groups in total. The van der Waals surface area contributed by atoms with E-state index in [4.69, 9.17) is 0 Å². The molecule has 0 aromatic heterocycles. The van der Waals surface area contributed by atoms with Gasteiger partial charge >= 0.3 is 0 Å². The van der Waals surface area contributed by atoms with Gasteiger partial charge in [0.25, 0.3) is 5.91 Å². The van der Waals surface area contributed by atoms with Gasteiger partial charge in [-0.2, -0.15) is 0 Å². The van der Waals surface area contributed by atoms with Crippen molar-refractivity contribution in [2.24, 2.45) is 4.99 Å². The third-order valence-electron chi connectivity index (χ3n) is 4.01. The Morgan fingerprint density at radius 1 is 1.11 bits per heavy atom. The van der Waals surface area contributed by atoms with E-state index in [0.29, 0.717) is 31.2 Å². The zero-order valence-corrected chi connectivity index (χ0v) is 18.5. The number of amides is 1. The highest BCUT2D eigenvalue weighted by atomic mass is 127. The Labute approximate surface area is 181 Å². The van der Waals surface area contributed by atoms with Gasteiger partial charge < -0.3 is 15.5 Å². The van der Waals surface area contributed by atoms with Crippen LogP contribution in [0.4, 0.5) is 8.78 Å². The van der Waals surface area contributed by atoms with E-state index in [2.05, 4.69) is 15.6 Å². The first-order valence-corrected chi connectivity index (χ1v) is 8.61. The third-order valence-corrected chi connectivity index (χ3v) is 4.01. The van der Waals surface area contributed by atoms with E-state index in [-0.39, 0.29) is 41.3 Å². The summed E-state index contributed by atoms with van der Waals surface area (Å²) in [6.45, 7) is 2.93. The number of benzene rings is 2. The van der Waals surface area contributed by atoms with Crippen molar-refractivity contribution < 1.29 is 13.6 Å². The van der Waals surface area contributed by atoms with Gasteiger partial charge in [0.1, 0.15) is 11.6 Å². The van der Waals surface area contributed by atoms with Crippen molar-refractivity contribution >= 4 is 35.8 Å². The fraction of sp³-hybridized carbons (Fsp3) is 0.300. The van der Waals surface area contributed by atoms with Crippen LogP contribution < -0.4 is 10.6 Å². The molecule has 1 amide bonds. The lowest BCUT2D eigenvalue weighted by Crippen LogP contribution is -2.42. The average molecular weight is 502 g/mol. The highest BCUT2D eigenvalue weighted by Gasteiger charge is 2.09. The minimum atomic E-state index is -0.403. The summed E-state index contributed by atoms with van der Waals surface area (Å²) >= 11 is 0. The number of aliphatic imine (C=N–C) groups is 1. The minimum Gasteiger partial charge on any atom is -0.354 e. The number of aryl methyl sites for hydroxylation is 1. The highest BCUT2D eigenvalue weighted by molar-refractivity contribution is 14.0. The molecule has 0 radical (unpaired) electrons. The average Bonchev–Trinajstić information content (AvgIpc) is 2.63. The lowest BCUT2D eigenvalue weighted by molar-refractivity contribution is 0.0954. The molecule has 0 fully saturated rings. The predicted octanol–water partition coefficient (Wildman–Crippen LogP) is 3.33. The van der Waals surface area contributed by atoms with Gasteiger partial charge in [0.15, 0.2) is 5.96 Å². The topological polar surface area (TPSA) is 56.7 Å². The van der Waals surface area contributed by atoms with Crippen LogP contribution in [0, 0.1) is 18.6 Å². The smallest absolute Gasteiger partial charge is 0.251 e. The summed E-state index contributed by atoms with van der Waals surface area (Å²) in [6.07, 6.45) is 0. The second-order valence-corrected chi connectivity index (χ2v) is 6.18. The van der Waals surface area contributed by atoms with Crippen molar-refractivity contribution in [2.45, 2.75) is 13.5 Å². The first-order valence-electron chi connectivity index (χ1n) is 8.61. The fourth-order valence-corrected chi connectivity index (χ4v) is 2.56. The van der Waals surface area contributed by atoms with Gasteiger partial charge in [-0.3, -0.25) is 9.79 Å². The lowest BCUT2D eigenvalue weighted by Gasteiger charge is -2.22. The van der Waals surface area contributed by atoms with Gasteiger partial charge in [0.2, 0.25) is 0 Å². The van der Waals surface area contributed by atoms with Crippen molar-refractivity contribution in [3.8, 4) is 0 Å². The number of guanidine groups is 1. The van der Waals surface area contributed by atoms with Crippen LogP contribution in [0.1, 0.15) is 21.5 Å². The van der Waals surface area contributed by atoms with Gasteiger partial charge in [-0.15, -0.1) is 24.0 Å². The van der Waals surface area contributed by atoms with Crippen molar-refractivity contribution in [1.82, 2.24) is 15.5 Å². The summed E-state index contributed by atoms with van der Waals surface area (Å²) in [5, 5.41) is 5.85.